The van der Waals surface area contributed by atoms with Gasteiger partial charge in [0.15, 0.2) is 11.5 Å². The lowest BCUT2D eigenvalue weighted by molar-refractivity contribution is -0.403. The number of thioether (sulfide) groups is 1. The molecule has 1 aromatic heterocycles. The maximum atomic E-state index is 13.9. The van der Waals surface area contributed by atoms with E-state index >= 15 is 0 Å². The van der Waals surface area contributed by atoms with Crippen LogP contribution in [0.15, 0.2) is 51.3 Å². The number of fused-ring (bicyclic) bond motifs is 3. The standard InChI is InChI=1S/C28H33N5O5S/c1-17-11-18(2)27(19(3)12-17)30-25-15-22-21-14-24(38-5)23(37-4)13-20(21)7-9-31(22)28(34)32(25)10-8-29-26(39-6)16-33(35)36/h11-16,29H,7-10H2,1-6H3/b26-16-,30-25?. The molecule has 39 heavy (non-hydrogen) atoms. The van der Waals surface area contributed by atoms with Crippen LogP contribution in [-0.2, 0) is 19.5 Å². The highest BCUT2D eigenvalue weighted by molar-refractivity contribution is 8.02. The van der Waals surface area contributed by atoms with E-state index in [0.717, 1.165) is 45.4 Å². The Hall–Kier alpha value is -3.99. The lowest BCUT2D eigenvalue weighted by Crippen LogP contribution is -2.43. The number of rotatable bonds is 9. The van der Waals surface area contributed by atoms with Crippen LogP contribution in [0.2, 0.25) is 0 Å². The Bertz CT molecular complexity index is 1570. The number of ether oxygens (including phenoxy) is 2. The van der Waals surface area contributed by atoms with Crippen molar-refractivity contribution in [1.82, 2.24) is 14.5 Å². The molecule has 0 bridgehead atoms. The van der Waals surface area contributed by atoms with Crippen molar-refractivity contribution in [1.29, 1.82) is 0 Å². The Kier molecular flexibility index (Phi) is 8.49. The first-order valence-electron chi connectivity index (χ1n) is 12.5. The van der Waals surface area contributed by atoms with Gasteiger partial charge >= 0.3 is 5.69 Å². The minimum Gasteiger partial charge on any atom is -0.493 e. The number of hydrogen-bond donors (Lipinski definition) is 1. The van der Waals surface area contributed by atoms with Gasteiger partial charge in [0.25, 0.3) is 6.20 Å². The molecule has 0 atom stereocenters. The number of nitrogens with zero attached hydrogens (tertiary/aromatic N) is 4. The highest BCUT2D eigenvalue weighted by atomic mass is 32.2. The van der Waals surface area contributed by atoms with Crippen LogP contribution in [0.5, 0.6) is 11.5 Å². The summed E-state index contributed by atoms with van der Waals surface area (Å²) in [4.78, 5) is 29.4. The fourth-order valence-electron chi connectivity index (χ4n) is 4.99. The van der Waals surface area contributed by atoms with Gasteiger partial charge in [0.1, 0.15) is 10.5 Å². The second-order valence-electron chi connectivity index (χ2n) is 9.36. The molecule has 4 rings (SSSR count). The minimum absolute atomic E-state index is 0.195. The zero-order chi connectivity index (χ0) is 28.3. The van der Waals surface area contributed by atoms with Gasteiger partial charge in [-0.3, -0.25) is 19.2 Å². The summed E-state index contributed by atoms with van der Waals surface area (Å²) in [7, 11) is 3.20. The lowest BCUT2D eigenvalue weighted by atomic mass is 9.97. The summed E-state index contributed by atoms with van der Waals surface area (Å²) in [5.41, 5.74) is 7.01. The van der Waals surface area contributed by atoms with Gasteiger partial charge in [-0.15, -0.1) is 11.8 Å². The van der Waals surface area contributed by atoms with Crippen LogP contribution in [0, 0.1) is 30.9 Å². The van der Waals surface area contributed by atoms with E-state index in [9.17, 15) is 14.9 Å². The number of aromatic nitrogens is 2. The highest BCUT2D eigenvalue weighted by Crippen LogP contribution is 2.37. The van der Waals surface area contributed by atoms with Crippen LogP contribution < -0.4 is 26.0 Å². The quantitative estimate of drug-likeness (QED) is 0.315. The molecule has 0 amide bonds. The van der Waals surface area contributed by atoms with Crippen LogP contribution in [-0.4, -0.2) is 41.1 Å². The van der Waals surface area contributed by atoms with E-state index in [-0.39, 0.29) is 12.2 Å². The lowest BCUT2D eigenvalue weighted by Gasteiger charge is -2.24. The maximum Gasteiger partial charge on any atom is 0.330 e. The maximum absolute atomic E-state index is 13.9. The van der Waals surface area contributed by atoms with Gasteiger partial charge in [0, 0.05) is 31.3 Å². The zero-order valence-electron chi connectivity index (χ0n) is 23.0. The predicted octanol–water partition coefficient (Wildman–Crippen LogP) is 4.08. The van der Waals surface area contributed by atoms with E-state index in [1.54, 1.807) is 29.6 Å². The molecule has 0 fully saturated rings. The molecule has 0 saturated heterocycles. The average molecular weight is 552 g/mol. The van der Waals surface area contributed by atoms with E-state index in [4.69, 9.17) is 14.5 Å². The third-order valence-corrected chi connectivity index (χ3v) is 7.41. The van der Waals surface area contributed by atoms with Crippen molar-refractivity contribution in [2.24, 2.45) is 4.99 Å². The van der Waals surface area contributed by atoms with Gasteiger partial charge in [-0.2, -0.15) is 0 Å². The van der Waals surface area contributed by atoms with Crippen LogP contribution in [0.4, 0.5) is 5.69 Å². The number of nitrogens with one attached hydrogen (secondary N) is 1. The molecule has 1 aliphatic rings. The normalized spacial score (nSPS) is 13.1. The molecule has 11 heteroatoms. The number of hydrogen-bond acceptors (Lipinski definition) is 8. The van der Waals surface area contributed by atoms with Crippen molar-refractivity contribution in [3.05, 3.63) is 89.9 Å². The molecular weight excluding hydrogens is 518 g/mol. The molecule has 0 aliphatic carbocycles. The van der Waals surface area contributed by atoms with Crippen molar-refractivity contribution in [3.8, 4) is 22.8 Å². The molecule has 2 aromatic carbocycles. The molecule has 2 heterocycles. The Morgan fingerprint density at radius 1 is 1.13 bits per heavy atom. The SMILES string of the molecule is COc1cc2c(cc1OC)-c1cc(=Nc3c(C)cc(C)cc3C)n(CCN/C(=C/[N+](=O)[O-])SC)c(=O)n1CC2. The number of aryl methyl sites for hydroxylation is 4. The second-order valence-corrected chi connectivity index (χ2v) is 10.2. The van der Waals surface area contributed by atoms with E-state index < -0.39 is 4.92 Å². The van der Waals surface area contributed by atoms with Crippen LogP contribution in [0.1, 0.15) is 22.3 Å². The van der Waals surface area contributed by atoms with Crippen molar-refractivity contribution in [3.63, 3.8) is 0 Å². The first-order chi connectivity index (χ1) is 18.7. The number of nitro groups is 1. The summed E-state index contributed by atoms with van der Waals surface area (Å²) in [6, 6.07) is 9.95. The molecule has 0 saturated carbocycles. The Morgan fingerprint density at radius 2 is 1.79 bits per heavy atom. The topological polar surface area (TPSA) is 113 Å². The molecule has 0 unspecified atom stereocenters. The van der Waals surface area contributed by atoms with E-state index in [1.165, 1.54) is 11.8 Å². The highest BCUT2D eigenvalue weighted by Gasteiger charge is 2.22. The second kappa shape index (κ2) is 11.8. The molecule has 10 nitrogen and oxygen atoms in total. The Balaban J connectivity index is 1.91. The fraction of sp³-hybridized carbons (Fsp3) is 0.357. The number of methoxy groups -OCH3 is 2. The van der Waals surface area contributed by atoms with E-state index in [1.807, 2.05) is 39.0 Å². The molecule has 1 aliphatic heterocycles. The Morgan fingerprint density at radius 3 is 2.41 bits per heavy atom. The van der Waals surface area contributed by atoms with Gasteiger partial charge in [-0.05, 0) is 62.3 Å². The van der Waals surface area contributed by atoms with Crippen LogP contribution in [0.25, 0.3) is 11.3 Å². The third kappa shape index (κ3) is 5.88. The third-order valence-electron chi connectivity index (χ3n) is 6.72. The predicted molar refractivity (Wildman–Crippen MR) is 153 cm³/mol. The first-order valence-corrected chi connectivity index (χ1v) is 13.7. The van der Waals surface area contributed by atoms with Crippen molar-refractivity contribution < 1.29 is 14.4 Å². The van der Waals surface area contributed by atoms with Crippen LogP contribution in [0.3, 0.4) is 0 Å². The minimum atomic E-state index is -0.496. The fourth-order valence-corrected chi connectivity index (χ4v) is 5.42. The van der Waals surface area contributed by atoms with Gasteiger partial charge in [0.2, 0.25) is 0 Å². The Labute approximate surface area is 231 Å². The van der Waals surface area contributed by atoms with E-state index in [0.29, 0.717) is 41.5 Å². The van der Waals surface area contributed by atoms with Crippen molar-refractivity contribution in [2.75, 3.05) is 27.0 Å². The van der Waals surface area contributed by atoms with Crippen molar-refractivity contribution in [2.45, 2.75) is 40.3 Å². The monoisotopic (exact) mass is 551 g/mol. The van der Waals surface area contributed by atoms with Gasteiger partial charge in [-0.1, -0.05) is 17.7 Å². The smallest absolute Gasteiger partial charge is 0.330 e. The first kappa shape index (κ1) is 28.0. The van der Waals surface area contributed by atoms with Gasteiger partial charge < -0.3 is 14.8 Å². The summed E-state index contributed by atoms with van der Waals surface area (Å²) in [6.07, 6.45) is 3.35. The average Bonchev–Trinajstić information content (AvgIpc) is 2.90. The van der Waals surface area contributed by atoms with E-state index in [2.05, 4.69) is 17.4 Å². The summed E-state index contributed by atoms with van der Waals surface area (Å²) >= 11 is 1.24. The molecule has 0 radical (unpaired) electrons. The van der Waals surface area contributed by atoms with Crippen LogP contribution >= 0.6 is 11.8 Å². The molecular formula is C28H33N5O5S. The number of benzene rings is 2. The van der Waals surface area contributed by atoms with Crippen molar-refractivity contribution >= 4 is 17.4 Å². The van der Waals surface area contributed by atoms with Gasteiger partial charge in [-0.25, -0.2) is 9.79 Å². The summed E-state index contributed by atoms with van der Waals surface area (Å²) < 4.78 is 14.4. The molecule has 0 spiro atoms. The molecule has 1 N–H and O–H groups in total. The summed E-state index contributed by atoms with van der Waals surface area (Å²) in [6.45, 7) is 7.16. The molecule has 3 aromatic rings. The largest absolute Gasteiger partial charge is 0.493 e. The summed E-state index contributed by atoms with van der Waals surface area (Å²) in [5.74, 6) is 1.23. The van der Waals surface area contributed by atoms with Gasteiger partial charge in [0.05, 0.1) is 30.5 Å². The zero-order valence-corrected chi connectivity index (χ0v) is 23.8. The summed E-state index contributed by atoms with van der Waals surface area (Å²) in [5, 5.41) is 14.4. The molecule has 206 valence electrons.